The Labute approximate surface area is 197 Å². The molecule has 0 unspecified atom stereocenters. The topological polar surface area (TPSA) is 129 Å². The van der Waals surface area contributed by atoms with Crippen molar-refractivity contribution in [1.82, 2.24) is 19.8 Å². The molecule has 0 N–H and O–H groups in total. The molecule has 0 spiro atoms. The number of hydrogen-bond donors (Lipinski definition) is 0. The number of hydrazine groups is 1. The summed E-state index contributed by atoms with van der Waals surface area (Å²) >= 11 is 0. The van der Waals surface area contributed by atoms with Crippen molar-refractivity contribution in [2.45, 2.75) is 32.6 Å². The zero-order valence-corrected chi connectivity index (χ0v) is 20.4. The molecule has 0 saturated carbocycles. The SMILES string of the molecule is COc1cc(C(=O)N2CCCN2C(=O)c2cc(C(C)(C)C)nn2C)c([N+](=O)[O-])c(OC)c1OC. The van der Waals surface area contributed by atoms with Crippen molar-refractivity contribution in [3.05, 3.63) is 39.2 Å². The molecule has 1 aromatic heterocycles. The number of carbonyl (C=O) groups is 2. The van der Waals surface area contributed by atoms with Gasteiger partial charge < -0.3 is 14.2 Å². The fourth-order valence-electron chi connectivity index (χ4n) is 3.82. The normalized spacial score (nSPS) is 13.7. The molecule has 0 radical (unpaired) electrons. The molecular weight excluding hydrogens is 446 g/mol. The van der Waals surface area contributed by atoms with Crippen molar-refractivity contribution < 1.29 is 28.7 Å². The van der Waals surface area contributed by atoms with E-state index in [1.165, 1.54) is 42.1 Å². The van der Waals surface area contributed by atoms with Gasteiger partial charge in [0.1, 0.15) is 11.3 Å². The third-order valence-corrected chi connectivity index (χ3v) is 5.58. The summed E-state index contributed by atoms with van der Waals surface area (Å²) in [5, 5.41) is 18.9. The minimum absolute atomic E-state index is 0.00722. The van der Waals surface area contributed by atoms with Crippen LogP contribution in [-0.2, 0) is 12.5 Å². The van der Waals surface area contributed by atoms with Crippen LogP contribution < -0.4 is 14.2 Å². The zero-order chi connectivity index (χ0) is 25.4. The lowest BCUT2D eigenvalue weighted by molar-refractivity contribution is -0.386. The largest absolute Gasteiger partial charge is 0.493 e. The van der Waals surface area contributed by atoms with Crippen molar-refractivity contribution in [1.29, 1.82) is 0 Å². The van der Waals surface area contributed by atoms with Gasteiger partial charge in [-0.05, 0) is 12.5 Å². The average Bonchev–Trinajstić information content (AvgIpc) is 3.43. The number of benzene rings is 1. The van der Waals surface area contributed by atoms with Gasteiger partial charge in [-0.25, -0.2) is 10.0 Å². The van der Waals surface area contributed by atoms with Gasteiger partial charge in [0.05, 0.1) is 31.9 Å². The Balaban J connectivity index is 2.06. The molecule has 0 aliphatic carbocycles. The fourth-order valence-corrected chi connectivity index (χ4v) is 3.82. The predicted molar refractivity (Wildman–Crippen MR) is 121 cm³/mol. The first kappa shape index (κ1) is 24.8. The molecule has 0 bridgehead atoms. The van der Waals surface area contributed by atoms with E-state index < -0.39 is 22.4 Å². The Morgan fingerprint density at radius 1 is 1.00 bits per heavy atom. The number of nitrogens with zero attached hydrogens (tertiary/aromatic N) is 5. The third kappa shape index (κ3) is 4.22. The molecule has 34 heavy (non-hydrogen) atoms. The van der Waals surface area contributed by atoms with Gasteiger partial charge in [-0.1, -0.05) is 20.8 Å². The number of hydrogen-bond acceptors (Lipinski definition) is 8. The van der Waals surface area contributed by atoms with Crippen molar-refractivity contribution in [2.24, 2.45) is 7.05 Å². The zero-order valence-electron chi connectivity index (χ0n) is 20.4. The van der Waals surface area contributed by atoms with E-state index in [4.69, 9.17) is 14.2 Å². The predicted octanol–water partition coefficient (Wildman–Crippen LogP) is 2.55. The smallest absolute Gasteiger partial charge is 0.327 e. The van der Waals surface area contributed by atoms with Crippen LogP contribution in [0, 0.1) is 10.1 Å². The number of rotatable bonds is 6. The van der Waals surface area contributed by atoms with E-state index in [0.717, 1.165) is 5.69 Å². The summed E-state index contributed by atoms with van der Waals surface area (Å²) in [6.45, 7) is 6.44. The number of nitro groups is 1. The highest BCUT2D eigenvalue weighted by atomic mass is 16.6. The van der Waals surface area contributed by atoms with Crippen LogP contribution in [0.5, 0.6) is 17.2 Å². The summed E-state index contributed by atoms with van der Waals surface area (Å²) in [6, 6.07) is 2.93. The molecule has 1 aliphatic heterocycles. The van der Waals surface area contributed by atoms with E-state index in [-0.39, 0.29) is 41.3 Å². The van der Waals surface area contributed by atoms with Crippen LogP contribution in [0.15, 0.2) is 12.1 Å². The Kier molecular flexibility index (Phi) is 6.71. The second-order valence-corrected chi connectivity index (χ2v) is 8.80. The van der Waals surface area contributed by atoms with Gasteiger partial charge in [0.25, 0.3) is 11.8 Å². The molecule has 2 heterocycles. The van der Waals surface area contributed by atoms with Gasteiger partial charge in [-0.15, -0.1) is 0 Å². The van der Waals surface area contributed by atoms with E-state index in [2.05, 4.69) is 5.10 Å². The van der Waals surface area contributed by atoms with Gasteiger partial charge >= 0.3 is 5.69 Å². The Morgan fingerprint density at radius 2 is 1.59 bits per heavy atom. The minimum atomic E-state index is -0.727. The van der Waals surface area contributed by atoms with Gasteiger partial charge in [0, 0.05) is 31.6 Å². The van der Waals surface area contributed by atoms with E-state index in [0.29, 0.717) is 12.1 Å². The highest BCUT2D eigenvalue weighted by Gasteiger charge is 2.39. The Bertz CT molecular complexity index is 1140. The summed E-state index contributed by atoms with van der Waals surface area (Å²) in [7, 11) is 5.55. The van der Waals surface area contributed by atoms with Crippen molar-refractivity contribution in [3.8, 4) is 17.2 Å². The molecule has 1 fully saturated rings. The van der Waals surface area contributed by atoms with Crippen molar-refractivity contribution in [3.63, 3.8) is 0 Å². The summed E-state index contributed by atoms with van der Waals surface area (Å²) in [6.07, 6.45) is 0.514. The Hall–Kier alpha value is -3.83. The molecule has 3 rings (SSSR count). The molecule has 1 aliphatic rings. The maximum Gasteiger partial charge on any atom is 0.327 e. The quantitative estimate of drug-likeness (QED) is 0.460. The van der Waals surface area contributed by atoms with E-state index >= 15 is 0 Å². The lowest BCUT2D eigenvalue weighted by atomic mass is 9.92. The average molecular weight is 476 g/mol. The van der Waals surface area contributed by atoms with Gasteiger partial charge in [-0.2, -0.15) is 5.10 Å². The molecule has 1 aromatic carbocycles. The highest BCUT2D eigenvalue weighted by Crippen LogP contribution is 2.46. The molecule has 2 amide bonds. The van der Waals surface area contributed by atoms with E-state index in [1.54, 1.807) is 13.1 Å². The summed E-state index contributed by atoms with van der Waals surface area (Å²) in [4.78, 5) is 38.2. The molecule has 184 valence electrons. The van der Waals surface area contributed by atoms with Gasteiger partial charge in [0.2, 0.25) is 11.5 Å². The minimum Gasteiger partial charge on any atom is -0.493 e. The van der Waals surface area contributed by atoms with Crippen LogP contribution >= 0.6 is 0 Å². The van der Waals surface area contributed by atoms with Crippen molar-refractivity contribution in [2.75, 3.05) is 34.4 Å². The summed E-state index contributed by atoms with van der Waals surface area (Å²) in [5.74, 6) is -1.31. The second kappa shape index (κ2) is 9.20. The first-order valence-corrected chi connectivity index (χ1v) is 10.6. The lowest BCUT2D eigenvalue weighted by Crippen LogP contribution is -2.45. The van der Waals surface area contributed by atoms with Crippen LogP contribution in [0.2, 0.25) is 0 Å². The second-order valence-electron chi connectivity index (χ2n) is 8.80. The maximum atomic E-state index is 13.6. The summed E-state index contributed by atoms with van der Waals surface area (Å²) in [5.41, 5.74) is -0.0764. The number of aromatic nitrogens is 2. The highest BCUT2D eigenvalue weighted by molar-refractivity contribution is 6.03. The summed E-state index contributed by atoms with van der Waals surface area (Å²) < 4.78 is 17.2. The van der Waals surface area contributed by atoms with Crippen molar-refractivity contribution >= 4 is 17.5 Å². The van der Waals surface area contributed by atoms with Crippen LogP contribution in [0.25, 0.3) is 0 Å². The van der Waals surface area contributed by atoms with E-state index in [1.807, 2.05) is 20.8 Å². The number of methoxy groups -OCH3 is 3. The van der Waals surface area contributed by atoms with Crippen LogP contribution in [0.1, 0.15) is 53.7 Å². The monoisotopic (exact) mass is 475 g/mol. The lowest BCUT2D eigenvalue weighted by Gasteiger charge is -2.28. The molecule has 12 nitrogen and oxygen atoms in total. The van der Waals surface area contributed by atoms with Crippen LogP contribution in [0.4, 0.5) is 5.69 Å². The molecular formula is C22H29N5O7. The van der Waals surface area contributed by atoms with Crippen LogP contribution in [-0.4, -0.2) is 71.0 Å². The first-order valence-electron chi connectivity index (χ1n) is 10.6. The van der Waals surface area contributed by atoms with Gasteiger partial charge in [0.15, 0.2) is 5.75 Å². The number of nitro benzene ring substituents is 1. The number of ether oxygens (including phenoxy) is 3. The molecule has 2 aromatic rings. The number of carbonyl (C=O) groups excluding carboxylic acids is 2. The fraction of sp³-hybridized carbons (Fsp3) is 0.500. The third-order valence-electron chi connectivity index (χ3n) is 5.58. The number of aryl methyl sites for hydroxylation is 1. The molecule has 12 heteroatoms. The standard InChI is InChI=1S/C22H29N5O7/c1-22(2,3)16-12-14(24(4)23-16)21(29)26-10-8-9-25(26)20(28)13-11-15(32-5)18(33-6)19(34-7)17(13)27(30)31/h11-12H,8-10H2,1-7H3. The van der Waals surface area contributed by atoms with Crippen LogP contribution in [0.3, 0.4) is 0 Å². The number of amides is 2. The van der Waals surface area contributed by atoms with Gasteiger partial charge in [-0.3, -0.25) is 24.4 Å². The molecule has 0 atom stereocenters. The first-order chi connectivity index (χ1) is 16.0. The Morgan fingerprint density at radius 3 is 2.06 bits per heavy atom. The molecule has 1 saturated heterocycles. The van der Waals surface area contributed by atoms with E-state index in [9.17, 15) is 19.7 Å². The maximum absolute atomic E-state index is 13.6.